The van der Waals surface area contributed by atoms with Gasteiger partial charge in [0.25, 0.3) is 0 Å². The number of aliphatic imine (C=N–C) groups is 1. The molecule has 0 unspecified atom stereocenters. The molecule has 0 bridgehead atoms. The Hall–Kier alpha value is -1.70. The molecule has 0 atom stereocenters. The van der Waals surface area contributed by atoms with Crippen LogP contribution in [-0.4, -0.2) is 19.5 Å². The Morgan fingerprint density at radius 3 is 2.80 bits per heavy atom. The summed E-state index contributed by atoms with van der Waals surface area (Å²) in [5, 5.41) is 7.26. The van der Waals surface area contributed by atoms with Gasteiger partial charge in [0.2, 0.25) is 0 Å². The molecule has 1 aromatic rings. The monoisotopic (exact) mass is 200 g/mol. The Labute approximate surface area is 90.9 Å². The molecule has 1 N–H and O–H groups in total. The number of rotatable bonds is 6. The quantitative estimate of drug-likeness (QED) is 0.541. The fourth-order valence-corrected chi connectivity index (χ4v) is 1.41. The Balaban J connectivity index is 2.49. The predicted octanol–water partition coefficient (Wildman–Crippen LogP) is 2.87. The first-order valence-corrected chi connectivity index (χ1v) is 5.04. The van der Waals surface area contributed by atoms with Crippen molar-refractivity contribution in [2.75, 3.05) is 6.54 Å². The Morgan fingerprint density at radius 2 is 2.07 bits per heavy atom. The first-order valence-electron chi connectivity index (χ1n) is 5.04. The molecule has 0 saturated heterocycles. The van der Waals surface area contributed by atoms with Crippen molar-refractivity contribution in [1.82, 2.24) is 0 Å². The maximum atomic E-state index is 7.26. The van der Waals surface area contributed by atoms with Crippen molar-refractivity contribution in [1.29, 1.82) is 5.41 Å². The van der Waals surface area contributed by atoms with Crippen LogP contribution in [-0.2, 0) is 6.42 Å². The summed E-state index contributed by atoms with van der Waals surface area (Å²) >= 11 is 0. The maximum Gasteiger partial charge on any atom is 0.0563 e. The Kier molecular flexibility index (Phi) is 5.09. The van der Waals surface area contributed by atoms with E-state index in [1.165, 1.54) is 11.8 Å². The molecule has 1 rings (SSSR count). The molecule has 0 heterocycles. The summed E-state index contributed by atoms with van der Waals surface area (Å²) in [6, 6.07) is 8.01. The average Bonchev–Trinajstić information content (AvgIpc) is 2.29. The lowest BCUT2D eigenvalue weighted by Gasteiger charge is -2.02. The maximum absolute atomic E-state index is 7.26. The van der Waals surface area contributed by atoms with Gasteiger partial charge in [-0.25, -0.2) is 0 Å². The minimum absolute atomic E-state index is 0.687. The number of nitrogens with zero attached hydrogens (tertiary/aromatic N) is 1. The van der Waals surface area contributed by atoms with Crippen molar-refractivity contribution >= 4 is 12.9 Å². The van der Waals surface area contributed by atoms with Gasteiger partial charge in [-0.3, -0.25) is 4.99 Å². The third-order valence-corrected chi connectivity index (χ3v) is 2.19. The van der Waals surface area contributed by atoms with Crippen LogP contribution in [0.15, 0.2) is 41.4 Å². The summed E-state index contributed by atoms with van der Waals surface area (Å²) in [7, 11) is 0. The fourth-order valence-electron chi connectivity index (χ4n) is 1.41. The predicted molar refractivity (Wildman–Crippen MR) is 66.2 cm³/mol. The minimum atomic E-state index is 0.687. The zero-order chi connectivity index (χ0) is 10.9. The van der Waals surface area contributed by atoms with E-state index in [4.69, 9.17) is 5.41 Å². The van der Waals surface area contributed by atoms with Crippen LogP contribution >= 0.6 is 0 Å². The van der Waals surface area contributed by atoms with Crippen molar-refractivity contribution in [3.63, 3.8) is 0 Å². The lowest BCUT2D eigenvalue weighted by molar-refractivity contribution is 0.992. The summed E-state index contributed by atoms with van der Waals surface area (Å²) in [4.78, 5) is 3.74. The molecular formula is C13H16N2. The molecule has 0 fully saturated rings. The van der Waals surface area contributed by atoms with Crippen LogP contribution in [0.2, 0.25) is 0 Å². The van der Waals surface area contributed by atoms with Gasteiger partial charge in [0, 0.05) is 6.21 Å². The highest BCUT2D eigenvalue weighted by atomic mass is 14.6. The topological polar surface area (TPSA) is 36.2 Å². The zero-order valence-corrected chi connectivity index (χ0v) is 8.82. The number of nitrogens with one attached hydrogen (secondary N) is 1. The second-order valence-corrected chi connectivity index (χ2v) is 3.26. The molecule has 1 aromatic carbocycles. The van der Waals surface area contributed by atoms with Crippen LogP contribution in [0.25, 0.3) is 0 Å². The van der Waals surface area contributed by atoms with Gasteiger partial charge < -0.3 is 5.41 Å². The number of hydrogen-bond acceptors (Lipinski definition) is 2. The van der Waals surface area contributed by atoms with Crippen LogP contribution in [0.1, 0.15) is 17.5 Å². The van der Waals surface area contributed by atoms with Crippen molar-refractivity contribution in [3.05, 3.63) is 47.5 Å². The molecule has 15 heavy (non-hydrogen) atoms. The van der Waals surface area contributed by atoms with E-state index in [0.717, 1.165) is 18.4 Å². The van der Waals surface area contributed by atoms with E-state index in [2.05, 4.69) is 23.9 Å². The largest absolute Gasteiger partial charge is 0.308 e. The standard InChI is InChI=1S/C13H16N2/c1-15-10-6-2-3-7-12-8-4-5-9-13(12)11-14/h2,4-6,8-9,11,14H,1,3,7,10H2. The molecule has 2 heteroatoms. The fraction of sp³-hybridized carbons (Fsp3) is 0.231. The zero-order valence-electron chi connectivity index (χ0n) is 8.82. The molecule has 78 valence electrons. The molecule has 0 saturated carbocycles. The van der Waals surface area contributed by atoms with E-state index in [1.54, 1.807) is 0 Å². The molecule has 0 aromatic heterocycles. The van der Waals surface area contributed by atoms with Crippen LogP contribution in [0.4, 0.5) is 0 Å². The number of allylic oxidation sites excluding steroid dienone is 1. The summed E-state index contributed by atoms with van der Waals surface area (Å²) in [5.74, 6) is 0. The molecular weight excluding hydrogens is 184 g/mol. The molecule has 0 aliphatic rings. The highest BCUT2D eigenvalue weighted by Crippen LogP contribution is 2.08. The van der Waals surface area contributed by atoms with E-state index in [-0.39, 0.29) is 0 Å². The number of hydrogen-bond donors (Lipinski definition) is 1. The van der Waals surface area contributed by atoms with Gasteiger partial charge in [-0.15, -0.1) is 0 Å². The second-order valence-electron chi connectivity index (χ2n) is 3.26. The second kappa shape index (κ2) is 6.71. The molecule has 0 amide bonds. The third kappa shape index (κ3) is 3.90. The van der Waals surface area contributed by atoms with E-state index >= 15 is 0 Å². The lowest BCUT2D eigenvalue weighted by Crippen LogP contribution is -1.91. The van der Waals surface area contributed by atoms with Gasteiger partial charge in [-0.05, 0) is 30.7 Å². The van der Waals surface area contributed by atoms with Crippen LogP contribution in [0, 0.1) is 5.41 Å². The van der Waals surface area contributed by atoms with Gasteiger partial charge in [0.1, 0.15) is 0 Å². The van der Waals surface area contributed by atoms with Gasteiger partial charge in [-0.1, -0.05) is 36.4 Å². The molecule has 0 aliphatic heterocycles. The molecule has 0 aliphatic carbocycles. The average molecular weight is 200 g/mol. The van der Waals surface area contributed by atoms with Crippen molar-refractivity contribution in [2.24, 2.45) is 4.99 Å². The summed E-state index contributed by atoms with van der Waals surface area (Å²) in [6.45, 7) is 4.10. The van der Waals surface area contributed by atoms with E-state index in [0.29, 0.717) is 6.54 Å². The van der Waals surface area contributed by atoms with Crippen molar-refractivity contribution < 1.29 is 0 Å². The summed E-state index contributed by atoms with van der Waals surface area (Å²) in [6.07, 6.45) is 7.49. The SMILES string of the molecule is C=NCC=CCCc1ccccc1C=N. The highest BCUT2D eigenvalue weighted by Gasteiger charge is 1.96. The summed E-state index contributed by atoms with van der Waals surface area (Å²) in [5.41, 5.74) is 2.23. The van der Waals surface area contributed by atoms with Crippen molar-refractivity contribution in [2.45, 2.75) is 12.8 Å². The summed E-state index contributed by atoms with van der Waals surface area (Å²) < 4.78 is 0. The number of aryl methyl sites for hydroxylation is 1. The van der Waals surface area contributed by atoms with Crippen LogP contribution in [0.3, 0.4) is 0 Å². The normalized spacial score (nSPS) is 10.4. The van der Waals surface area contributed by atoms with Gasteiger partial charge in [0.05, 0.1) is 6.54 Å². The first kappa shape index (κ1) is 11.4. The third-order valence-electron chi connectivity index (χ3n) is 2.19. The van der Waals surface area contributed by atoms with E-state index in [9.17, 15) is 0 Å². The van der Waals surface area contributed by atoms with Crippen LogP contribution in [0.5, 0.6) is 0 Å². The van der Waals surface area contributed by atoms with Crippen LogP contribution < -0.4 is 0 Å². The van der Waals surface area contributed by atoms with E-state index in [1.807, 2.05) is 24.3 Å². The lowest BCUT2D eigenvalue weighted by atomic mass is 10.0. The molecule has 2 nitrogen and oxygen atoms in total. The Bertz CT molecular complexity index is 353. The van der Waals surface area contributed by atoms with Crippen molar-refractivity contribution in [3.8, 4) is 0 Å². The minimum Gasteiger partial charge on any atom is -0.308 e. The van der Waals surface area contributed by atoms with Gasteiger partial charge in [-0.2, -0.15) is 0 Å². The number of benzene rings is 1. The molecule has 0 radical (unpaired) electrons. The van der Waals surface area contributed by atoms with Gasteiger partial charge in [0.15, 0.2) is 0 Å². The smallest absolute Gasteiger partial charge is 0.0563 e. The first-order chi connectivity index (χ1) is 7.38. The molecule has 0 spiro atoms. The highest BCUT2D eigenvalue weighted by molar-refractivity contribution is 5.79. The Morgan fingerprint density at radius 1 is 1.27 bits per heavy atom. The van der Waals surface area contributed by atoms with Gasteiger partial charge >= 0.3 is 0 Å². The van der Waals surface area contributed by atoms with E-state index < -0.39 is 0 Å².